The molecule has 122 valence electrons. The van der Waals surface area contributed by atoms with Gasteiger partial charge in [-0.1, -0.05) is 6.07 Å². The lowest BCUT2D eigenvalue weighted by Gasteiger charge is -2.18. The van der Waals surface area contributed by atoms with E-state index in [1.165, 1.54) is 16.1 Å². The van der Waals surface area contributed by atoms with Crippen molar-refractivity contribution in [2.24, 2.45) is 0 Å². The summed E-state index contributed by atoms with van der Waals surface area (Å²) in [6.45, 7) is 5.94. The van der Waals surface area contributed by atoms with Crippen LogP contribution in [-0.2, 0) is 13.1 Å². The summed E-state index contributed by atoms with van der Waals surface area (Å²) in [5, 5.41) is 5.71. The molecule has 0 spiro atoms. The number of nitrogens with zero attached hydrogens (tertiary/aromatic N) is 3. The molecule has 3 aromatic heterocycles. The van der Waals surface area contributed by atoms with Crippen LogP contribution in [0.4, 0.5) is 5.69 Å². The molecule has 1 aliphatic heterocycles. The molecule has 3 aromatic rings. The number of anilines is 1. The van der Waals surface area contributed by atoms with Crippen LogP contribution in [-0.4, -0.2) is 28.0 Å². The van der Waals surface area contributed by atoms with Crippen molar-refractivity contribution in [3.05, 3.63) is 64.2 Å². The average molecular weight is 336 g/mol. The first-order chi connectivity index (χ1) is 11.8. The Morgan fingerprint density at radius 1 is 1.25 bits per heavy atom. The van der Waals surface area contributed by atoms with Crippen LogP contribution < -0.4 is 5.32 Å². The monoisotopic (exact) mass is 336 g/mol. The van der Waals surface area contributed by atoms with Gasteiger partial charge in [-0.15, -0.1) is 11.3 Å². The molecule has 0 saturated heterocycles. The summed E-state index contributed by atoms with van der Waals surface area (Å²) in [4.78, 5) is 12.8. The number of nitrogens with one attached hydrogen (secondary N) is 1. The Bertz CT molecular complexity index is 829. The van der Waals surface area contributed by atoms with E-state index >= 15 is 0 Å². The van der Waals surface area contributed by atoms with Crippen molar-refractivity contribution in [2.45, 2.75) is 20.0 Å². The molecule has 0 aromatic carbocycles. The number of hydrogen-bond acceptors (Lipinski definition) is 5. The SMILES string of the molecule is Cc1cc(-c2cc3c(cn2)CN(Cc2cccs2)CCN3)ccn1. The van der Waals surface area contributed by atoms with Crippen LogP contribution in [0.3, 0.4) is 0 Å². The fourth-order valence-electron chi connectivity index (χ4n) is 3.06. The van der Waals surface area contributed by atoms with Crippen LogP contribution >= 0.6 is 11.3 Å². The number of hydrogen-bond donors (Lipinski definition) is 1. The quantitative estimate of drug-likeness (QED) is 0.786. The van der Waals surface area contributed by atoms with Crippen molar-refractivity contribution < 1.29 is 0 Å². The molecule has 1 aliphatic rings. The summed E-state index contributed by atoms with van der Waals surface area (Å²) in [5.41, 5.74) is 5.59. The Labute approximate surface area is 146 Å². The van der Waals surface area contributed by atoms with Crippen LogP contribution in [0, 0.1) is 6.92 Å². The first kappa shape index (κ1) is 15.3. The summed E-state index contributed by atoms with van der Waals surface area (Å²) < 4.78 is 0. The van der Waals surface area contributed by atoms with Gasteiger partial charge in [-0.3, -0.25) is 14.9 Å². The number of rotatable bonds is 3. The summed E-state index contributed by atoms with van der Waals surface area (Å²) in [5.74, 6) is 0. The van der Waals surface area contributed by atoms with Crippen LogP contribution in [0.15, 0.2) is 48.1 Å². The molecule has 4 heterocycles. The van der Waals surface area contributed by atoms with Gasteiger partial charge in [0, 0.05) is 66.0 Å². The lowest BCUT2D eigenvalue weighted by molar-refractivity contribution is 0.274. The zero-order valence-electron chi connectivity index (χ0n) is 13.7. The molecule has 24 heavy (non-hydrogen) atoms. The van der Waals surface area contributed by atoms with E-state index < -0.39 is 0 Å². The third-order valence-electron chi connectivity index (χ3n) is 4.28. The first-order valence-corrected chi connectivity index (χ1v) is 9.06. The normalized spacial score (nSPS) is 14.7. The highest BCUT2D eigenvalue weighted by molar-refractivity contribution is 7.09. The molecule has 4 rings (SSSR count). The summed E-state index contributed by atoms with van der Waals surface area (Å²) in [7, 11) is 0. The standard InChI is InChI=1S/C19H20N4S/c1-14-9-15(4-5-20-14)18-10-19-16(11-22-18)12-23(7-6-21-19)13-17-3-2-8-24-17/h2-5,8-11,21H,6-7,12-13H2,1H3. The Hall–Kier alpha value is -2.24. The summed E-state index contributed by atoms with van der Waals surface area (Å²) in [6.07, 6.45) is 3.86. The van der Waals surface area contributed by atoms with Crippen LogP contribution in [0.2, 0.25) is 0 Å². The van der Waals surface area contributed by atoms with Gasteiger partial charge in [-0.25, -0.2) is 0 Å². The van der Waals surface area contributed by atoms with Gasteiger partial charge in [-0.2, -0.15) is 0 Å². The van der Waals surface area contributed by atoms with Crippen molar-refractivity contribution in [2.75, 3.05) is 18.4 Å². The van der Waals surface area contributed by atoms with Crippen molar-refractivity contribution in [3.63, 3.8) is 0 Å². The van der Waals surface area contributed by atoms with E-state index in [0.29, 0.717) is 0 Å². The highest BCUT2D eigenvalue weighted by Gasteiger charge is 2.16. The molecule has 0 aliphatic carbocycles. The minimum absolute atomic E-state index is 0.933. The maximum absolute atomic E-state index is 4.68. The fourth-order valence-corrected chi connectivity index (χ4v) is 3.81. The number of pyridine rings is 2. The van der Waals surface area contributed by atoms with E-state index in [4.69, 9.17) is 0 Å². The fraction of sp³-hybridized carbons (Fsp3) is 0.263. The molecule has 0 radical (unpaired) electrons. The third-order valence-corrected chi connectivity index (χ3v) is 5.14. The lowest BCUT2D eigenvalue weighted by Crippen LogP contribution is -2.25. The lowest BCUT2D eigenvalue weighted by atomic mass is 10.1. The Balaban J connectivity index is 1.58. The predicted molar refractivity (Wildman–Crippen MR) is 99.1 cm³/mol. The smallest absolute Gasteiger partial charge is 0.0723 e. The van der Waals surface area contributed by atoms with Gasteiger partial charge in [-0.05, 0) is 36.6 Å². The van der Waals surface area contributed by atoms with E-state index in [1.54, 1.807) is 0 Å². The van der Waals surface area contributed by atoms with E-state index in [2.05, 4.69) is 49.8 Å². The predicted octanol–water partition coefficient (Wildman–Crippen LogP) is 3.94. The second-order valence-electron chi connectivity index (χ2n) is 6.13. The van der Waals surface area contributed by atoms with E-state index in [9.17, 15) is 0 Å². The largest absolute Gasteiger partial charge is 0.383 e. The molecule has 1 N–H and O–H groups in total. The minimum Gasteiger partial charge on any atom is -0.383 e. The molecule has 0 saturated carbocycles. The van der Waals surface area contributed by atoms with Gasteiger partial charge >= 0.3 is 0 Å². The summed E-state index contributed by atoms with van der Waals surface area (Å²) >= 11 is 1.82. The Kier molecular flexibility index (Phi) is 4.28. The highest BCUT2D eigenvalue weighted by atomic mass is 32.1. The van der Waals surface area contributed by atoms with Crippen molar-refractivity contribution >= 4 is 17.0 Å². The Morgan fingerprint density at radius 3 is 3.04 bits per heavy atom. The second-order valence-corrected chi connectivity index (χ2v) is 7.16. The third kappa shape index (κ3) is 3.32. The topological polar surface area (TPSA) is 41.1 Å². The van der Waals surface area contributed by atoms with Gasteiger partial charge in [0.2, 0.25) is 0 Å². The van der Waals surface area contributed by atoms with Gasteiger partial charge in [0.15, 0.2) is 0 Å². The van der Waals surface area contributed by atoms with Crippen LogP contribution in [0.25, 0.3) is 11.3 Å². The van der Waals surface area contributed by atoms with Crippen LogP contribution in [0.5, 0.6) is 0 Å². The highest BCUT2D eigenvalue weighted by Crippen LogP contribution is 2.26. The maximum atomic E-state index is 4.68. The number of aryl methyl sites for hydroxylation is 1. The van der Waals surface area contributed by atoms with Gasteiger partial charge in [0.1, 0.15) is 0 Å². The molecule has 0 atom stereocenters. The first-order valence-electron chi connectivity index (χ1n) is 8.18. The molecule has 0 bridgehead atoms. The molecule has 5 heteroatoms. The van der Waals surface area contributed by atoms with Gasteiger partial charge < -0.3 is 5.32 Å². The average Bonchev–Trinajstić information content (AvgIpc) is 3.00. The second kappa shape index (κ2) is 6.71. The zero-order chi connectivity index (χ0) is 16.4. The minimum atomic E-state index is 0.933. The zero-order valence-corrected chi connectivity index (χ0v) is 14.5. The van der Waals surface area contributed by atoms with E-state index in [-0.39, 0.29) is 0 Å². The van der Waals surface area contributed by atoms with Gasteiger partial charge in [0.25, 0.3) is 0 Å². The van der Waals surface area contributed by atoms with Crippen molar-refractivity contribution in [1.29, 1.82) is 0 Å². The van der Waals surface area contributed by atoms with E-state index in [0.717, 1.165) is 43.1 Å². The molecular formula is C19H20N4S. The van der Waals surface area contributed by atoms with Crippen molar-refractivity contribution in [1.82, 2.24) is 14.9 Å². The number of aromatic nitrogens is 2. The number of fused-ring (bicyclic) bond motifs is 1. The molecule has 0 unspecified atom stereocenters. The van der Waals surface area contributed by atoms with Crippen LogP contribution in [0.1, 0.15) is 16.1 Å². The molecular weight excluding hydrogens is 316 g/mol. The van der Waals surface area contributed by atoms with Crippen molar-refractivity contribution in [3.8, 4) is 11.3 Å². The Morgan fingerprint density at radius 2 is 2.21 bits per heavy atom. The maximum Gasteiger partial charge on any atom is 0.0723 e. The molecule has 4 nitrogen and oxygen atoms in total. The van der Waals surface area contributed by atoms with E-state index in [1.807, 2.05) is 36.7 Å². The molecule has 0 amide bonds. The van der Waals surface area contributed by atoms with Gasteiger partial charge in [0.05, 0.1) is 5.69 Å². The number of thiophene rings is 1. The summed E-state index contributed by atoms with van der Waals surface area (Å²) in [6, 6.07) is 10.6. The molecule has 0 fully saturated rings.